The minimum Gasteiger partial charge on any atom is -0.392 e. The molecule has 0 bridgehead atoms. The van der Waals surface area contributed by atoms with E-state index < -0.39 is 29.4 Å². The molecule has 0 amide bonds. The Kier molecular flexibility index (Phi) is 4.78. The molecule has 1 aromatic carbocycles. The van der Waals surface area contributed by atoms with Crippen molar-refractivity contribution in [3.8, 4) is 0 Å². The summed E-state index contributed by atoms with van der Waals surface area (Å²) in [6, 6.07) is 2.95. The molecule has 1 rings (SSSR count). The van der Waals surface area contributed by atoms with Crippen LogP contribution in [0.1, 0.15) is 32.4 Å². The highest BCUT2D eigenvalue weighted by Gasteiger charge is 2.25. The third kappa shape index (κ3) is 3.73. The monoisotopic (exact) mass is 259 g/mol. The first-order valence-corrected chi connectivity index (χ1v) is 5.80. The lowest BCUT2D eigenvalue weighted by atomic mass is 9.98. The maximum absolute atomic E-state index is 13.4. The standard InChI is InChI=1S/C13H19F2NO2/c1-8(17)13(2,3)16-7-12(18)10-6-9(14)4-5-11(10)15/h4-6,8,12,16-18H,7H2,1-3H3. The Bertz CT molecular complexity index is 408. The maximum Gasteiger partial charge on any atom is 0.129 e. The predicted octanol–water partition coefficient (Wildman–Crippen LogP) is 1.75. The summed E-state index contributed by atoms with van der Waals surface area (Å²) in [5.41, 5.74) is -0.714. The van der Waals surface area contributed by atoms with Gasteiger partial charge in [-0.2, -0.15) is 0 Å². The molecule has 5 heteroatoms. The lowest BCUT2D eigenvalue weighted by Crippen LogP contribution is -2.49. The molecule has 0 spiro atoms. The summed E-state index contributed by atoms with van der Waals surface area (Å²) in [7, 11) is 0. The third-order valence-corrected chi connectivity index (χ3v) is 3.11. The van der Waals surface area contributed by atoms with Crippen molar-refractivity contribution in [1.29, 1.82) is 0 Å². The second-order valence-electron chi connectivity index (χ2n) is 4.96. The van der Waals surface area contributed by atoms with Crippen molar-refractivity contribution >= 4 is 0 Å². The molecule has 1 aromatic rings. The van der Waals surface area contributed by atoms with Gasteiger partial charge in [-0.3, -0.25) is 0 Å². The number of aliphatic hydroxyl groups excluding tert-OH is 2. The van der Waals surface area contributed by atoms with Crippen LogP contribution in [-0.2, 0) is 0 Å². The molecular formula is C13H19F2NO2. The number of β-amino-alcohol motifs (C(OH)–C–C–N with tert-alkyl or cyclic N) is 1. The van der Waals surface area contributed by atoms with E-state index in [0.29, 0.717) is 0 Å². The lowest BCUT2D eigenvalue weighted by molar-refractivity contribution is 0.0796. The summed E-state index contributed by atoms with van der Waals surface area (Å²) in [5.74, 6) is -1.25. The Labute approximate surface area is 105 Å². The Balaban J connectivity index is 2.71. The van der Waals surface area contributed by atoms with E-state index in [9.17, 15) is 19.0 Å². The summed E-state index contributed by atoms with van der Waals surface area (Å²) < 4.78 is 26.4. The Morgan fingerprint density at radius 3 is 2.44 bits per heavy atom. The number of aliphatic hydroxyl groups is 2. The average molecular weight is 259 g/mol. The smallest absolute Gasteiger partial charge is 0.129 e. The largest absolute Gasteiger partial charge is 0.392 e. The highest BCUT2D eigenvalue weighted by Crippen LogP contribution is 2.19. The molecule has 0 radical (unpaired) electrons. The van der Waals surface area contributed by atoms with Crippen LogP contribution in [0.25, 0.3) is 0 Å². The molecule has 0 aliphatic heterocycles. The predicted molar refractivity (Wildman–Crippen MR) is 65.1 cm³/mol. The molecule has 3 N–H and O–H groups in total. The summed E-state index contributed by atoms with van der Waals surface area (Å²) in [6.45, 7) is 5.15. The summed E-state index contributed by atoms with van der Waals surface area (Å²) in [4.78, 5) is 0. The van der Waals surface area contributed by atoms with E-state index in [1.165, 1.54) is 0 Å². The molecule has 102 valence electrons. The normalized spacial score (nSPS) is 15.5. The van der Waals surface area contributed by atoms with E-state index in [4.69, 9.17) is 0 Å². The lowest BCUT2D eigenvalue weighted by Gasteiger charge is -2.30. The van der Waals surface area contributed by atoms with Gasteiger partial charge in [0.15, 0.2) is 0 Å². The fourth-order valence-electron chi connectivity index (χ4n) is 1.39. The minimum absolute atomic E-state index is 0.0261. The molecule has 18 heavy (non-hydrogen) atoms. The number of hydrogen-bond acceptors (Lipinski definition) is 3. The van der Waals surface area contributed by atoms with Crippen LogP contribution in [0.5, 0.6) is 0 Å². The molecule has 0 aromatic heterocycles. The van der Waals surface area contributed by atoms with Crippen molar-refractivity contribution in [1.82, 2.24) is 5.32 Å². The van der Waals surface area contributed by atoms with E-state index >= 15 is 0 Å². The van der Waals surface area contributed by atoms with Gasteiger partial charge in [-0.05, 0) is 39.0 Å². The first kappa shape index (κ1) is 15.0. The molecular weight excluding hydrogens is 240 g/mol. The zero-order chi connectivity index (χ0) is 13.9. The van der Waals surface area contributed by atoms with Gasteiger partial charge >= 0.3 is 0 Å². The van der Waals surface area contributed by atoms with Gasteiger partial charge < -0.3 is 15.5 Å². The topological polar surface area (TPSA) is 52.5 Å². The van der Waals surface area contributed by atoms with Crippen molar-refractivity contribution in [2.24, 2.45) is 0 Å². The highest BCUT2D eigenvalue weighted by atomic mass is 19.1. The van der Waals surface area contributed by atoms with Gasteiger partial charge in [0.1, 0.15) is 11.6 Å². The van der Waals surface area contributed by atoms with Crippen LogP contribution in [0.2, 0.25) is 0 Å². The average Bonchev–Trinajstić information content (AvgIpc) is 2.29. The SMILES string of the molecule is CC(O)C(C)(C)NCC(O)c1cc(F)ccc1F. The van der Waals surface area contributed by atoms with Crippen LogP contribution in [0.15, 0.2) is 18.2 Å². The molecule has 2 atom stereocenters. The van der Waals surface area contributed by atoms with E-state index in [-0.39, 0.29) is 12.1 Å². The van der Waals surface area contributed by atoms with Crippen molar-refractivity contribution in [2.75, 3.05) is 6.54 Å². The zero-order valence-electron chi connectivity index (χ0n) is 10.7. The summed E-state index contributed by atoms with van der Waals surface area (Å²) >= 11 is 0. The quantitative estimate of drug-likeness (QED) is 0.755. The summed E-state index contributed by atoms with van der Waals surface area (Å²) in [6.07, 6.45) is -1.80. The van der Waals surface area contributed by atoms with Crippen LogP contribution in [0.4, 0.5) is 8.78 Å². The van der Waals surface area contributed by atoms with Gasteiger partial charge in [-0.25, -0.2) is 8.78 Å². The third-order valence-electron chi connectivity index (χ3n) is 3.11. The minimum atomic E-state index is -1.17. The number of nitrogens with one attached hydrogen (secondary N) is 1. The van der Waals surface area contributed by atoms with Gasteiger partial charge in [-0.15, -0.1) is 0 Å². The van der Waals surface area contributed by atoms with Gasteiger partial charge in [0.05, 0.1) is 12.2 Å². The molecule has 0 saturated heterocycles. The Morgan fingerprint density at radius 2 is 1.89 bits per heavy atom. The maximum atomic E-state index is 13.4. The van der Waals surface area contributed by atoms with E-state index in [1.54, 1.807) is 20.8 Å². The van der Waals surface area contributed by atoms with E-state index in [0.717, 1.165) is 18.2 Å². The first-order valence-electron chi connectivity index (χ1n) is 5.80. The van der Waals surface area contributed by atoms with Crippen LogP contribution >= 0.6 is 0 Å². The number of halogens is 2. The fraction of sp³-hybridized carbons (Fsp3) is 0.538. The van der Waals surface area contributed by atoms with Crippen molar-refractivity contribution in [2.45, 2.75) is 38.5 Å². The van der Waals surface area contributed by atoms with Crippen molar-refractivity contribution < 1.29 is 19.0 Å². The molecule has 0 aliphatic carbocycles. The second-order valence-corrected chi connectivity index (χ2v) is 4.96. The van der Waals surface area contributed by atoms with Crippen LogP contribution < -0.4 is 5.32 Å². The van der Waals surface area contributed by atoms with Crippen LogP contribution in [-0.4, -0.2) is 28.4 Å². The first-order chi connectivity index (χ1) is 8.24. The van der Waals surface area contributed by atoms with Crippen LogP contribution in [0, 0.1) is 11.6 Å². The summed E-state index contributed by atoms with van der Waals surface area (Å²) in [5, 5.41) is 22.2. The molecule has 0 fully saturated rings. The zero-order valence-corrected chi connectivity index (χ0v) is 10.7. The molecule has 0 aliphatic rings. The number of hydrogen-bond donors (Lipinski definition) is 3. The van der Waals surface area contributed by atoms with Crippen molar-refractivity contribution in [3.63, 3.8) is 0 Å². The Morgan fingerprint density at radius 1 is 1.28 bits per heavy atom. The number of rotatable bonds is 5. The van der Waals surface area contributed by atoms with E-state index in [1.807, 2.05) is 0 Å². The van der Waals surface area contributed by atoms with Crippen LogP contribution in [0.3, 0.4) is 0 Å². The number of benzene rings is 1. The van der Waals surface area contributed by atoms with Gasteiger partial charge in [-0.1, -0.05) is 0 Å². The van der Waals surface area contributed by atoms with Gasteiger partial charge in [0.2, 0.25) is 0 Å². The van der Waals surface area contributed by atoms with Gasteiger partial charge in [0, 0.05) is 17.6 Å². The Hall–Kier alpha value is -1.04. The van der Waals surface area contributed by atoms with E-state index in [2.05, 4.69) is 5.32 Å². The molecule has 2 unspecified atom stereocenters. The fourth-order valence-corrected chi connectivity index (χ4v) is 1.39. The van der Waals surface area contributed by atoms with Gasteiger partial charge in [0.25, 0.3) is 0 Å². The molecule has 0 heterocycles. The molecule has 3 nitrogen and oxygen atoms in total. The van der Waals surface area contributed by atoms with Crippen molar-refractivity contribution in [3.05, 3.63) is 35.4 Å². The second kappa shape index (κ2) is 5.73. The highest BCUT2D eigenvalue weighted by molar-refractivity contribution is 5.21. The molecule has 0 saturated carbocycles.